The average molecular weight is 791 g/mol. The Balaban J connectivity index is 1.62. The van der Waals surface area contributed by atoms with Crippen LogP contribution in [0.4, 0.5) is 0 Å². The molecule has 10 aromatic rings. The van der Waals surface area contributed by atoms with Gasteiger partial charge in [0, 0.05) is 8.95 Å². The average Bonchev–Trinajstić information content (AvgIpc) is 3.20. The summed E-state index contributed by atoms with van der Waals surface area (Å²) in [6.45, 7) is 0. The van der Waals surface area contributed by atoms with Crippen LogP contribution in [0.3, 0.4) is 0 Å². The molecule has 0 saturated heterocycles. The van der Waals surface area contributed by atoms with Crippen molar-refractivity contribution in [1.29, 1.82) is 0 Å². The number of benzene rings is 10. The smallest absolute Gasteiger partial charge is 0.0181 e. The molecule has 0 amide bonds. The molecule has 0 unspecified atom stereocenters. The Kier molecular flexibility index (Phi) is 7.56. The summed E-state index contributed by atoms with van der Waals surface area (Å²) >= 11 is 7.84. The summed E-state index contributed by atoms with van der Waals surface area (Å²) in [5.41, 5.74) is 9.76. The molecule has 0 aliphatic carbocycles. The van der Waals surface area contributed by atoms with Gasteiger partial charge < -0.3 is 0 Å². The van der Waals surface area contributed by atoms with Crippen molar-refractivity contribution in [2.75, 3.05) is 0 Å². The Morgan fingerprint density at radius 3 is 1.10 bits per heavy atom. The van der Waals surface area contributed by atoms with Gasteiger partial charge in [-0.05, 0) is 123 Å². The van der Waals surface area contributed by atoms with Crippen LogP contribution in [0.5, 0.6) is 0 Å². The van der Waals surface area contributed by atoms with Crippen LogP contribution in [0.1, 0.15) is 0 Å². The lowest BCUT2D eigenvalue weighted by Gasteiger charge is -2.27. The largest absolute Gasteiger partial charge is 0.0622 e. The summed E-state index contributed by atoms with van der Waals surface area (Å²) in [5, 5.41) is 12.3. The maximum Gasteiger partial charge on any atom is 0.0181 e. The van der Waals surface area contributed by atoms with Gasteiger partial charge in [0.15, 0.2) is 0 Å². The molecule has 244 valence electrons. The molecule has 10 rings (SSSR count). The van der Waals surface area contributed by atoms with Crippen molar-refractivity contribution in [2.45, 2.75) is 0 Å². The second-order valence-corrected chi connectivity index (χ2v) is 15.2. The van der Waals surface area contributed by atoms with Crippen molar-refractivity contribution >= 4 is 85.7 Å². The third-order valence-electron chi connectivity index (χ3n) is 10.5. The first-order valence-electron chi connectivity index (χ1n) is 17.6. The molecular weight excluding hydrogens is 760 g/mol. The molecule has 0 saturated carbocycles. The van der Waals surface area contributed by atoms with Crippen LogP contribution in [-0.4, -0.2) is 0 Å². The fourth-order valence-electron chi connectivity index (χ4n) is 8.42. The lowest BCUT2D eigenvalue weighted by atomic mass is 9.75. The van der Waals surface area contributed by atoms with Gasteiger partial charge in [0.1, 0.15) is 0 Å². The van der Waals surface area contributed by atoms with E-state index in [1.54, 1.807) is 0 Å². The van der Waals surface area contributed by atoms with Crippen LogP contribution >= 0.6 is 31.9 Å². The highest BCUT2D eigenvalue weighted by molar-refractivity contribution is 9.10. The lowest BCUT2D eigenvalue weighted by molar-refractivity contribution is 1.59. The molecular formula is C50H30Br2. The van der Waals surface area contributed by atoms with E-state index in [0.717, 1.165) is 8.95 Å². The minimum atomic E-state index is 1.06. The number of hydrogen-bond donors (Lipinski definition) is 0. The summed E-state index contributed by atoms with van der Waals surface area (Å²) in [4.78, 5) is 0. The van der Waals surface area contributed by atoms with Crippen molar-refractivity contribution in [1.82, 2.24) is 0 Å². The molecule has 2 heteroatoms. The Hall–Kier alpha value is -5.54. The van der Waals surface area contributed by atoms with Crippen molar-refractivity contribution in [3.05, 3.63) is 191 Å². The van der Waals surface area contributed by atoms with Gasteiger partial charge in [0.25, 0.3) is 0 Å². The normalized spacial score (nSPS) is 11.7. The number of hydrogen-bond acceptors (Lipinski definition) is 0. The molecule has 0 N–H and O–H groups in total. The quantitative estimate of drug-likeness (QED) is 0.156. The van der Waals surface area contributed by atoms with Crippen molar-refractivity contribution in [3.63, 3.8) is 0 Å². The predicted molar refractivity (Wildman–Crippen MR) is 231 cm³/mol. The lowest BCUT2D eigenvalue weighted by Crippen LogP contribution is -2.00. The first-order valence-corrected chi connectivity index (χ1v) is 19.2. The van der Waals surface area contributed by atoms with Crippen LogP contribution < -0.4 is 0 Å². The van der Waals surface area contributed by atoms with Crippen LogP contribution in [0.2, 0.25) is 0 Å². The Bertz CT molecular complexity index is 2800. The Labute approximate surface area is 319 Å². The molecule has 0 aromatic heterocycles. The summed E-state index contributed by atoms with van der Waals surface area (Å²) in [6, 6.07) is 66.8. The standard InChI is InChI=1S/C50H30Br2/c51-35-25-27-39-40-28-26-36(52)30-44(40)50-48(42-24-12-20-32-14-8-10-22-38(32)42)46(34-17-5-2-6-18-34)45(33-15-3-1-4-16-33)47(49(50)43(39)29-35)41-23-11-19-31-13-7-9-21-37(31)41/h1-30H. The number of fused-ring (bicyclic) bond motifs is 8. The summed E-state index contributed by atoms with van der Waals surface area (Å²) in [6.07, 6.45) is 0. The third kappa shape index (κ3) is 4.93. The van der Waals surface area contributed by atoms with Gasteiger partial charge in [-0.15, -0.1) is 0 Å². The van der Waals surface area contributed by atoms with Crippen LogP contribution in [0.25, 0.3) is 98.4 Å². The highest BCUT2D eigenvalue weighted by Gasteiger charge is 2.28. The van der Waals surface area contributed by atoms with E-state index in [1.165, 1.54) is 98.4 Å². The van der Waals surface area contributed by atoms with E-state index in [4.69, 9.17) is 0 Å². The summed E-state index contributed by atoms with van der Waals surface area (Å²) in [7, 11) is 0. The molecule has 0 radical (unpaired) electrons. The molecule has 0 fully saturated rings. The van der Waals surface area contributed by atoms with E-state index in [1.807, 2.05) is 0 Å². The van der Waals surface area contributed by atoms with E-state index in [0.29, 0.717) is 0 Å². The molecule has 0 nitrogen and oxygen atoms in total. The van der Waals surface area contributed by atoms with E-state index in [-0.39, 0.29) is 0 Å². The highest BCUT2D eigenvalue weighted by atomic mass is 79.9. The molecule has 0 heterocycles. The second-order valence-electron chi connectivity index (χ2n) is 13.4. The highest BCUT2D eigenvalue weighted by Crippen LogP contribution is 2.56. The molecule has 0 aliphatic heterocycles. The molecule has 52 heavy (non-hydrogen) atoms. The van der Waals surface area contributed by atoms with Gasteiger partial charge >= 0.3 is 0 Å². The first kappa shape index (κ1) is 31.2. The molecule has 0 spiro atoms. The topological polar surface area (TPSA) is 0 Å². The Morgan fingerprint density at radius 2 is 0.654 bits per heavy atom. The SMILES string of the molecule is Brc1ccc2c3ccc(Br)cc3c3c(-c4cccc5ccccc45)c(-c4ccccc4)c(-c4ccccc4)c(-c4cccc5ccccc45)c3c2c1. The molecule has 0 bridgehead atoms. The number of halogens is 2. The van der Waals surface area contributed by atoms with E-state index in [9.17, 15) is 0 Å². The zero-order chi connectivity index (χ0) is 34.8. The van der Waals surface area contributed by atoms with E-state index < -0.39 is 0 Å². The van der Waals surface area contributed by atoms with Crippen molar-refractivity contribution < 1.29 is 0 Å². The molecule has 10 aromatic carbocycles. The third-order valence-corrected chi connectivity index (χ3v) is 11.5. The number of rotatable bonds is 4. The van der Waals surface area contributed by atoms with Gasteiger partial charge in [-0.3, -0.25) is 0 Å². The zero-order valence-electron chi connectivity index (χ0n) is 28.1. The van der Waals surface area contributed by atoms with Gasteiger partial charge in [0.2, 0.25) is 0 Å². The van der Waals surface area contributed by atoms with Gasteiger partial charge in [-0.25, -0.2) is 0 Å². The van der Waals surface area contributed by atoms with Crippen LogP contribution in [0.15, 0.2) is 191 Å². The summed E-state index contributed by atoms with van der Waals surface area (Å²) in [5.74, 6) is 0. The van der Waals surface area contributed by atoms with Gasteiger partial charge in [-0.2, -0.15) is 0 Å². The zero-order valence-corrected chi connectivity index (χ0v) is 31.2. The summed E-state index contributed by atoms with van der Waals surface area (Å²) < 4.78 is 2.11. The van der Waals surface area contributed by atoms with E-state index in [2.05, 4.69) is 214 Å². The Morgan fingerprint density at radius 1 is 0.269 bits per heavy atom. The predicted octanol–water partition coefficient (Wildman–Crippen LogP) is 15.6. The maximum absolute atomic E-state index is 3.92. The van der Waals surface area contributed by atoms with Gasteiger partial charge in [-0.1, -0.05) is 190 Å². The molecule has 0 atom stereocenters. The first-order chi connectivity index (χ1) is 25.7. The second kappa shape index (κ2) is 12.6. The monoisotopic (exact) mass is 788 g/mol. The minimum absolute atomic E-state index is 1.06. The molecule has 0 aliphatic rings. The van der Waals surface area contributed by atoms with Crippen LogP contribution in [-0.2, 0) is 0 Å². The van der Waals surface area contributed by atoms with E-state index >= 15 is 0 Å². The minimum Gasteiger partial charge on any atom is -0.0622 e. The fraction of sp³-hybridized carbons (Fsp3) is 0. The van der Waals surface area contributed by atoms with Gasteiger partial charge in [0.05, 0.1) is 0 Å². The van der Waals surface area contributed by atoms with Crippen molar-refractivity contribution in [2.24, 2.45) is 0 Å². The van der Waals surface area contributed by atoms with Crippen LogP contribution in [0, 0.1) is 0 Å². The van der Waals surface area contributed by atoms with Crippen molar-refractivity contribution in [3.8, 4) is 44.5 Å². The fourth-order valence-corrected chi connectivity index (χ4v) is 9.14. The maximum atomic E-state index is 3.92.